The molecular formula is C18H25N5OS. The number of rotatable bonds is 5. The molecule has 7 heteroatoms. The number of nitrogens with zero attached hydrogens (tertiary/aromatic N) is 4. The van der Waals surface area contributed by atoms with E-state index in [2.05, 4.69) is 17.1 Å². The quantitative estimate of drug-likeness (QED) is 0.656. The van der Waals surface area contributed by atoms with Gasteiger partial charge in [-0.2, -0.15) is 0 Å². The molecule has 2 N–H and O–H groups in total. The van der Waals surface area contributed by atoms with Crippen LogP contribution in [0.5, 0.6) is 0 Å². The molecule has 1 fully saturated rings. The number of hydrogen-bond donors (Lipinski definition) is 1. The van der Waals surface area contributed by atoms with Crippen molar-refractivity contribution < 1.29 is 4.79 Å². The Labute approximate surface area is 152 Å². The van der Waals surface area contributed by atoms with Gasteiger partial charge in [-0.05, 0) is 32.6 Å². The molecule has 25 heavy (non-hydrogen) atoms. The SMILES string of the molecule is CCC1CCCCN1C(=O)C(C)Sc1nnc(-c2ccccc2)n1N. The van der Waals surface area contributed by atoms with Gasteiger partial charge in [-0.15, -0.1) is 10.2 Å². The van der Waals surface area contributed by atoms with Crippen molar-refractivity contribution in [3.05, 3.63) is 30.3 Å². The van der Waals surface area contributed by atoms with E-state index in [0.29, 0.717) is 17.0 Å². The van der Waals surface area contributed by atoms with Crippen molar-refractivity contribution in [3.63, 3.8) is 0 Å². The first kappa shape index (κ1) is 17.8. The molecule has 0 saturated carbocycles. The molecule has 0 spiro atoms. The van der Waals surface area contributed by atoms with E-state index in [4.69, 9.17) is 5.84 Å². The summed E-state index contributed by atoms with van der Waals surface area (Å²) in [5.41, 5.74) is 0.908. The number of hydrogen-bond acceptors (Lipinski definition) is 5. The fourth-order valence-electron chi connectivity index (χ4n) is 3.30. The Balaban J connectivity index is 1.72. The van der Waals surface area contributed by atoms with Crippen LogP contribution < -0.4 is 5.84 Å². The van der Waals surface area contributed by atoms with Crippen molar-refractivity contribution in [3.8, 4) is 11.4 Å². The van der Waals surface area contributed by atoms with Gasteiger partial charge >= 0.3 is 0 Å². The van der Waals surface area contributed by atoms with E-state index in [1.54, 1.807) is 0 Å². The predicted molar refractivity (Wildman–Crippen MR) is 101 cm³/mol. The molecule has 0 bridgehead atoms. The molecule has 1 saturated heterocycles. The van der Waals surface area contributed by atoms with E-state index < -0.39 is 0 Å². The van der Waals surface area contributed by atoms with Gasteiger partial charge in [-0.3, -0.25) is 4.79 Å². The highest BCUT2D eigenvalue weighted by Gasteiger charge is 2.30. The van der Waals surface area contributed by atoms with Crippen LogP contribution in [0.15, 0.2) is 35.5 Å². The molecule has 3 rings (SSSR count). The van der Waals surface area contributed by atoms with Crippen molar-refractivity contribution in [1.29, 1.82) is 0 Å². The smallest absolute Gasteiger partial charge is 0.236 e. The summed E-state index contributed by atoms with van der Waals surface area (Å²) >= 11 is 1.37. The minimum Gasteiger partial charge on any atom is -0.339 e. The Morgan fingerprint density at radius 1 is 1.32 bits per heavy atom. The standard InChI is InChI=1S/C18H25N5OS/c1-3-15-11-7-8-12-22(15)17(24)13(2)25-18-21-20-16(23(18)19)14-9-5-4-6-10-14/h4-6,9-10,13,15H,3,7-8,11-12,19H2,1-2H3. The lowest BCUT2D eigenvalue weighted by atomic mass is 10.00. The molecule has 2 atom stereocenters. The van der Waals surface area contributed by atoms with Gasteiger partial charge in [0.05, 0.1) is 5.25 Å². The zero-order valence-electron chi connectivity index (χ0n) is 14.8. The molecule has 1 aromatic heterocycles. The number of carbonyl (C=O) groups excluding carboxylic acids is 1. The number of nitrogens with two attached hydrogens (primary N) is 1. The van der Waals surface area contributed by atoms with Gasteiger partial charge in [0.1, 0.15) is 0 Å². The first-order valence-electron chi connectivity index (χ1n) is 8.84. The highest BCUT2D eigenvalue weighted by Crippen LogP contribution is 2.28. The lowest BCUT2D eigenvalue weighted by Gasteiger charge is -2.36. The van der Waals surface area contributed by atoms with Gasteiger partial charge in [0.25, 0.3) is 0 Å². The number of thioether (sulfide) groups is 1. The van der Waals surface area contributed by atoms with Crippen LogP contribution in [-0.2, 0) is 4.79 Å². The molecule has 6 nitrogen and oxygen atoms in total. The number of piperidine rings is 1. The number of nitrogen functional groups attached to an aromatic ring is 1. The zero-order valence-corrected chi connectivity index (χ0v) is 15.6. The number of carbonyl (C=O) groups is 1. The van der Waals surface area contributed by atoms with Gasteiger partial charge < -0.3 is 10.7 Å². The Kier molecular flexibility index (Phi) is 5.63. The lowest BCUT2D eigenvalue weighted by molar-refractivity contribution is -0.134. The van der Waals surface area contributed by atoms with E-state index in [0.717, 1.165) is 31.4 Å². The lowest BCUT2D eigenvalue weighted by Crippen LogP contribution is -2.46. The molecule has 1 aliphatic heterocycles. The molecular weight excluding hydrogens is 334 g/mol. The Morgan fingerprint density at radius 2 is 2.08 bits per heavy atom. The summed E-state index contributed by atoms with van der Waals surface area (Å²) in [6.45, 7) is 4.93. The van der Waals surface area contributed by atoms with Crippen molar-refractivity contribution in [1.82, 2.24) is 19.8 Å². The third-order valence-electron chi connectivity index (χ3n) is 4.71. The maximum Gasteiger partial charge on any atom is 0.236 e. The fraction of sp³-hybridized carbons (Fsp3) is 0.500. The first-order valence-corrected chi connectivity index (χ1v) is 9.72. The Morgan fingerprint density at radius 3 is 2.80 bits per heavy atom. The maximum atomic E-state index is 12.9. The summed E-state index contributed by atoms with van der Waals surface area (Å²) in [5.74, 6) is 6.93. The minimum absolute atomic E-state index is 0.167. The van der Waals surface area contributed by atoms with E-state index in [1.165, 1.54) is 22.9 Å². The van der Waals surface area contributed by atoms with Crippen LogP contribution >= 0.6 is 11.8 Å². The predicted octanol–water partition coefficient (Wildman–Crippen LogP) is 2.93. The van der Waals surface area contributed by atoms with Crippen LogP contribution in [0.2, 0.25) is 0 Å². The Hall–Kier alpha value is -2.02. The fourth-order valence-corrected chi connectivity index (χ4v) is 4.14. The summed E-state index contributed by atoms with van der Waals surface area (Å²) in [6.07, 6.45) is 4.41. The van der Waals surface area contributed by atoms with Crippen molar-refractivity contribution in [2.75, 3.05) is 12.4 Å². The van der Waals surface area contributed by atoms with E-state index >= 15 is 0 Å². The number of likely N-dealkylation sites (tertiary alicyclic amines) is 1. The molecule has 1 amide bonds. The monoisotopic (exact) mass is 359 g/mol. The second-order valence-corrected chi connectivity index (χ2v) is 7.70. The van der Waals surface area contributed by atoms with E-state index in [9.17, 15) is 4.79 Å². The topological polar surface area (TPSA) is 77.0 Å². The van der Waals surface area contributed by atoms with Crippen LogP contribution in [0.25, 0.3) is 11.4 Å². The Bertz CT molecular complexity index is 718. The van der Waals surface area contributed by atoms with Crippen LogP contribution in [0.4, 0.5) is 0 Å². The van der Waals surface area contributed by atoms with E-state index in [-0.39, 0.29) is 11.2 Å². The highest BCUT2D eigenvalue weighted by atomic mass is 32.2. The number of amides is 1. The number of aromatic nitrogens is 3. The van der Waals surface area contributed by atoms with Crippen LogP contribution in [-0.4, -0.2) is 43.5 Å². The molecule has 1 aliphatic rings. The zero-order chi connectivity index (χ0) is 17.8. The van der Waals surface area contributed by atoms with Crippen molar-refractivity contribution >= 4 is 17.7 Å². The van der Waals surface area contributed by atoms with Gasteiger partial charge in [0.2, 0.25) is 11.1 Å². The average molecular weight is 359 g/mol. The molecule has 2 unspecified atom stereocenters. The van der Waals surface area contributed by atoms with Crippen LogP contribution in [0.3, 0.4) is 0 Å². The maximum absolute atomic E-state index is 12.9. The third-order valence-corrected chi connectivity index (χ3v) is 5.75. The average Bonchev–Trinajstić information content (AvgIpc) is 3.02. The van der Waals surface area contributed by atoms with Crippen LogP contribution in [0, 0.1) is 0 Å². The second kappa shape index (κ2) is 7.91. The summed E-state index contributed by atoms with van der Waals surface area (Å²) in [7, 11) is 0. The van der Waals surface area contributed by atoms with Crippen LogP contribution in [0.1, 0.15) is 39.5 Å². The van der Waals surface area contributed by atoms with E-state index in [1.807, 2.05) is 42.2 Å². The van der Waals surface area contributed by atoms with Gasteiger partial charge in [-0.25, -0.2) is 4.68 Å². The summed E-state index contributed by atoms with van der Waals surface area (Å²) in [5, 5.41) is 8.69. The summed E-state index contributed by atoms with van der Waals surface area (Å²) < 4.78 is 1.47. The van der Waals surface area contributed by atoms with Gasteiger partial charge in [0.15, 0.2) is 5.82 Å². The highest BCUT2D eigenvalue weighted by molar-refractivity contribution is 8.00. The first-order chi connectivity index (χ1) is 12.1. The largest absolute Gasteiger partial charge is 0.339 e. The van der Waals surface area contributed by atoms with Crippen molar-refractivity contribution in [2.24, 2.45) is 0 Å². The minimum atomic E-state index is -0.234. The van der Waals surface area contributed by atoms with Crippen molar-refractivity contribution in [2.45, 2.75) is 56.0 Å². The molecule has 0 radical (unpaired) electrons. The molecule has 134 valence electrons. The normalized spacial score (nSPS) is 19.0. The number of benzene rings is 1. The third kappa shape index (κ3) is 3.81. The second-order valence-electron chi connectivity index (χ2n) is 6.39. The summed E-state index contributed by atoms with van der Waals surface area (Å²) in [6, 6.07) is 10.1. The van der Waals surface area contributed by atoms with Gasteiger partial charge in [-0.1, -0.05) is 49.0 Å². The molecule has 2 aromatic rings. The molecule has 1 aromatic carbocycles. The molecule has 0 aliphatic carbocycles. The van der Waals surface area contributed by atoms with Gasteiger partial charge in [0, 0.05) is 18.2 Å². The molecule has 2 heterocycles. The summed E-state index contributed by atoms with van der Waals surface area (Å²) in [4.78, 5) is 14.9.